The van der Waals surface area contributed by atoms with Crippen molar-refractivity contribution in [1.82, 2.24) is 10.4 Å². The van der Waals surface area contributed by atoms with Crippen LogP contribution in [-0.4, -0.2) is 44.6 Å². The zero-order chi connectivity index (χ0) is 29.3. The topological polar surface area (TPSA) is 89.9 Å². The van der Waals surface area contributed by atoms with E-state index in [0.717, 1.165) is 56.1 Å². The molecule has 6 rings (SSSR count). The van der Waals surface area contributed by atoms with E-state index in [1.165, 1.54) is 17.9 Å². The number of nitrogens with zero attached hydrogens (tertiary/aromatic N) is 1. The lowest BCUT2D eigenvalue weighted by atomic mass is 9.43. The third kappa shape index (κ3) is 4.75. The molecule has 1 aliphatic heterocycles. The van der Waals surface area contributed by atoms with Crippen molar-refractivity contribution >= 4 is 23.4 Å². The number of rotatable bonds is 6. The summed E-state index contributed by atoms with van der Waals surface area (Å²) in [5.74, 6) is 2.57. The van der Waals surface area contributed by atoms with Crippen LogP contribution in [0.25, 0.3) is 0 Å². The van der Waals surface area contributed by atoms with Crippen molar-refractivity contribution in [2.45, 2.75) is 116 Å². The first kappa shape index (κ1) is 29.4. The first-order valence-electron chi connectivity index (χ1n) is 16.1. The third-order valence-corrected chi connectivity index (χ3v) is 13.4. The standard InChI is InChI=1S/C34H49ClN2O4/c1-19-5-8-21(9-6-19)31-30(35)32(41)37(31)36-29(40)14-7-20(2)25-12-13-26-24-11-10-22-17-23(38)15-16-33(22,3)27(24)18-28(39)34(25,26)4/h5-6,8-9,20,22-28,30-31,38-39H,7,10-18H2,1-4H3,(H,36,40)/t20-,22+,23-,24+,25-,26+,27+,28+,30-,31-,33+,34-/m1/s1. The Morgan fingerprint density at radius 2 is 1.80 bits per heavy atom. The minimum atomic E-state index is -0.667. The molecule has 4 aliphatic carbocycles. The van der Waals surface area contributed by atoms with Gasteiger partial charge in [-0.1, -0.05) is 50.6 Å². The van der Waals surface area contributed by atoms with E-state index < -0.39 is 5.38 Å². The van der Waals surface area contributed by atoms with Crippen LogP contribution in [0.2, 0.25) is 0 Å². The van der Waals surface area contributed by atoms with Crippen LogP contribution in [0.3, 0.4) is 0 Å². The maximum absolute atomic E-state index is 13.0. The molecule has 6 nitrogen and oxygen atoms in total. The molecule has 5 fully saturated rings. The molecule has 0 bridgehead atoms. The second-order valence-corrected chi connectivity index (χ2v) is 15.4. The van der Waals surface area contributed by atoms with Gasteiger partial charge >= 0.3 is 0 Å². The van der Waals surface area contributed by atoms with E-state index in [2.05, 4.69) is 26.2 Å². The van der Waals surface area contributed by atoms with Crippen LogP contribution in [0.15, 0.2) is 24.3 Å². The van der Waals surface area contributed by atoms with Gasteiger partial charge in [-0.05, 0) is 117 Å². The van der Waals surface area contributed by atoms with Gasteiger partial charge in [-0.25, -0.2) is 5.01 Å². The molecule has 0 spiro atoms. The number of benzene rings is 1. The molecular formula is C34H49ClN2O4. The molecule has 7 heteroatoms. The monoisotopic (exact) mass is 584 g/mol. The molecule has 1 heterocycles. The van der Waals surface area contributed by atoms with Gasteiger partial charge in [0.2, 0.25) is 5.91 Å². The van der Waals surface area contributed by atoms with Crippen LogP contribution < -0.4 is 5.43 Å². The number of β-lactam (4-membered cyclic amide) rings is 1. The Balaban J connectivity index is 1.08. The Morgan fingerprint density at radius 1 is 1.07 bits per heavy atom. The van der Waals surface area contributed by atoms with Crippen molar-refractivity contribution in [3.05, 3.63) is 35.4 Å². The quantitative estimate of drug-likeness (QED) is 0.286. The zero-order valence-electron chi connectivity index (χ0n) is 25.2. The minimum Gasteiger partial charge on any atom is -0.393 e. The number of carbonyl (C=O) groups excluding carboxylic acids is 2. The van der Waals surface area contributed by atoms with E-state index in [-0.39, 0.29) is 40.9 Å². The van der Waals surface area contributed by atoms with Crippen molar-refractivity contribution < 1.29 is 19.8 Å². The Kier molecular flexibility index (Phi) is 7.77. The number of aliphatic hydroxyl groups is 2. The smallest absolute Gasteiger partial charge is 0.262 e. The third-order valence-electron chi connectivity index (χ3n) is 13.0. The fourth-order valence-electron chi connectivity index (χ4n) is 10.6. The number of amides is 2. The highest BCUT2D eigenvalue weighted by Crippen LogP contribution is 2.68. The van der Waals surface area contributed by atoms with E-state index in [9.17, 15) is 19.8 Å². The summed E-state index contributed by atoms with van der Waals surface area (Å²) in [6.07, 6.45) is 9.10. The maximum atomic E-state index is 13.0. The average Bonchev–Trinajstić information content (AvgIpc) is 3.32. The highest BCUT2D eigenvalue weighted by atomic mass is 35.5. The Labute approximate surface area is 250 Å². The molecule has 4 saturated carbocycles. The Morgan fingerprint density at radius 3 is 2.54 bits per heavy atom. The maximum Gasteiger partial charge on any atom is 0.262 e. The van der Waals surface area contributed by atoms with Gasteiger partial charge in [0.15, 0.2) is 0 Å². The fourth-order valence-corrected chi connectivity index (χ4v) is 10.9. The summed E-state index contributed by atoms with van der Waals surface area (Å²) in [7, 11) is 0. The van der Waals surface area contributed by atoms with Gasteiger partial charge in [-0.15, -0.1) is 11.6 Å². The lowest BCUT2D eigenvalue weighted by Crippen LogP contribution is -2.63. The van der Waals surface area contributed by atoms with Gasteiger partial charge in [-0.3, -0.25) is 15.0 Å². The van der Waals surface area contributed by atoms with Gasteiger partial charge in [-0.2, -0.15) is 0 Å². The predicted molar refractivity (Wildman–Crippen MR) is 160 cm³/mol. The first-order valence-corrected chi connectivity index (χ1v) is 16.6. The van der Waals surface area contributed by atoms with Crippen molar-refractivity contribution in [2.75, 3.05) is 0 Å². The van der Waals surface area contributed by atoms with Crippen LogP contribution in [0.1, 0.15) is 102 Å². The number of hydrogen-bond donors (Lipinski definition) is 3. The number of carbonyl (C=O) groups is 2. The summed E-state index contributed by atoms with van der Waals surface area (Å²) in [5, 5.41) is 22.9. The molecule has 0 aromatic heterocycles. The normalized spacial score (nSPS) is 44.3. The lowest BCUT2D eigenvalue weighted by molar-refractivity contribution is -0.175. The predicted octanol–water partition coefficient (Wildman–Crippen LogP) is 5.92. The molecular weight excluding hydrogens is 536 g/mol. The molecule has 0 unspecified atom stereocenters. The molecule has 5 aliphatic rings. The summed E-state index contributed by atoms with van der Waals surface area (Å²) >= 11 is 6.35. The number of aliphatic hydroxyl groups excluding tert-OH is 2. The molecule has 1 aromatic carbocycles. The van der Waals surface area contributed by atoms with Crippen molar-refractivity contribution in [2.24, 2.45) is 46.3 Å². The highest BCUT2D eigenvalue weighted by molar-refractivity contribution is 6.33. The highest BCUT2D eigenvalue weighted by Gasteiger charge is 2.63. The minimum absolute atomic E-state index is 0.121. The Hall–Kier alpha value is -1.63. The molecule has 1 saturated heterocycles. The lowest BCUT2D eigenvalue weighted by Gasteiger charge is -2.62. The van der Waals surface area contributed by atoms with Crippen molar-refractivity contribution in [3.63, 3.8) is 0 Å². The molecule has 12 atom stereocenters. The average molecular weight is 585 g/mol. The van der Waals surface area contributed by atoms with E-state index >= 15 is 0 Å². The van der Waals surface area contributed by atoms with Crippen molar-refractivity contribution in [3.8, 4) is 0 Å². The number of aryl methyl sites for hydroxylation is 1. The number of nitrogens with one attached hydrogen (secondary N) is 1. The van der Waals surface area contributed by atoms with Gasteiger partial charge in [0.1, 0.15) is 11.4 Å². The van der Waals surface area contributed by atoms with E-state index in [1.54, 1.807) is 0 Å². The van der Waals surface area contributed by atoms with Crippen LogP contribution in [0, 0.1) is 53.3 Å². The van der Waals surface area contributed by atoms with Gasteiger partial charge in [0.25, 0.3) is 5.91 Å². The van der Waals surface area contributed by atoms with E-state index in [4.69, 9.17) is 11.6 Å². The number of halogens is 1. The number of hydrazine groups is 1. The SMILES string of the molecule is Cc1ccc([C@@H]2[C@@H](Cl)C(=O)N2NC(=O)CC[C@@H](C)[C@H]2CC[C@H]3[C@@H]4CC[C@H]5C[C@H](O)CC[C@]5(C)[C@H]4C[C@H](O)[C@]23C)cc1. The Bertz CT molecular complexity index is 1160. The largest absolute Gasteiger partial charge is 0.393 e. The molecule has 3 N–H and O–H groups in total. The van der Waals surface area contributed by atoms with Gasteiger partial charge in [0, 0.05) is 6.42 Å². The van der Waals surface area contributed by atoms with Gasteiger partial charge in [0.05, 0.1) is 12.2 Å². The molecule has 1 aromatic rings. The summed E-state index contributed by atoms with van der Waals surface area (Å²) in [5.41, 5.74) is 5.01. The molecule has 41 heavy (non-hydrogen) atoms. The van der Waals surface area contributed by atoms with Crippen LogP contribution in [0.5, 0.6) is 0 Å². The zero-order valence-corrected chi connectivity index (χ0v) is 25.9. The molecule has 226 valence electrons. The summed E-state index contributed by atoms with van der Waals surface area (Å²) < 4.78 is 0. The molecule has 0 radical (unpaired) electrons. The summed E-state index contributed by atoms with van der Waals surface area (Å²) in [4.78, 5) is 25.6. The molecule has 2 amide bonds. The number of alkyl halides is 1. The summed E-state index contributed by atoms with van der Waals surface area (Å²) in [6, 6.07) is 7.56. The second kappa shape index (κ2) is 10.8. The van der Waals surface area contributed by atoms with E-state index in [0.29, 0.717) is 41.9 Å². The van der Waals surface area contributed by atoms with Crippen LogP contribution in [0.4, 0.5) is 0 Å². The summed E-state index contributed by atoms with van der Waals surface area (Å²) in [6.45, 7) is 9.07. The van der Waals surface area contributed by atoms with E-state index in [1.807, 2.05) is 31.2 Å². The fraction of sp³-hybridized carbons (Fsp3) is 0.765. The first-order chi connectivity index (χ1) is 19.4. The van der Waals surface area contributed by atoms with Gasteiger partial charge < -0.3 is 10.2 Å². The van der Waals surface area contributed by atoms with Crippen LogP contribution >= 0.6 is 11.6 Å². The number of hydrogen-bond acceptors (Lipinski definition) is 4. The second-order valence-electron chi connectivity index (χ2n) is 14.9. The number of fused-ring (bicyclic) bond motifs is 5. The van der Waals surface area contributed by atoms with Crippen LogP contribution in [-0.2, 0) is 9.59 Å². The van der Waals surface area contributed by atoms with Crippen molar-refractivity contribution in [1.29, 1.82) is 0 Å².